The van der Waals surface area contributed by atoms with Crippen LogP contribution in [0.5, 0.6) is 0 Å². The minimum absolute atomic E-state index is 0.211. The molecule has 1 aromatic heterocycles. The third-order valence-electron chi connectivity index (χ3n) is 3.21. The highest BCUT2D eigenvalue weighted by Crippen LogP contribution is 2.18. The van der Waals surface area contributed by atoms with E-state index >= 15 is 0 Å². The van der Waals surface area contributed by atoms with E-state index in [0.29, 0.717) is 6.54 Å². The van der Waals surface area contributed by atoms with Crippen LogP contribution in [0.15, 0.2) is 30.5 Å². The van der Waals surface area contributed by atoms with Gasteiger partial charge in [0.15, 0.2) is 0 Å². The van der Waals surface area contributed by atoms with E-state index in [0.717, 1.165) is 30.4 Å². The number of hydrogen-bond acceptors (Lipinski definition) is 3. The Bertz CT molecular complexity index is 522. The Balaban J connectivity index is 2.17. The van der Waals surface area contributed by atoms with Gasteiger partial charge in [-0.3, -0.25) is 0 Å². The molecule has 0 aliphatic carbocycles. The lowest BCUT2D eigenvalue weighted by atomic mass is 10.1. The van der Waals surface area contributed by atoms with Crippen LogP contribution >= 0.6 is 0 Å². The van der Waals surface area contributed by atoms with Gasteiger partial charge in [0, 0.05) is 18.3 Å². The average Bonchev–Trinajstić information content (AvgIpc) is 2.82. The van der Waals surface area contributed by atoms with E-state index in [1.807, 2.05) is 16.8 Å². The highest BCUT2D eigenvalue weighted by molar-refractivity contribution is 5.80. The van der Waals surface area contributed by atoms with Gasteiger partial charge in [0.25, 0.3) is 0 Å². The van der Waals surface area contributed by atoms with E-state index in [-0.39, 0.29) is 6.61 Å². The van der Waals surface area contributed by atoms with Crippen LogP contribution in [0.3, 0.4) is 0 Å². The van der Waals surface area contributed by atoms with Crippen molar-refractivity contribution >= 4 is 10.9 Å². The molecule has 4 nitrogen and oxygen atoms in total. The number of aliphatic hydroxyl groups excluding tert-OH is 2. The summed E-state index contributed by atoms with van der Waals surface area (Å²) in [5, 5.41) is 23.0. The number of fused-ring (bicyclic) bond motifs is 1. The molecule has 0 saturated carbocycles. The molecule has 2 aromatic rings. The average molecular weight is 262 g/mol. The number of aliphatic hydroxyl groups is 2. The lowest BCUT2D eigenvalue weighted by Gasteiger charge is -2.11. The summed E-state index contributed by atoms with van der Waals surface area (Å²) < 4.78 is 1.99. The van der Waals surface area contributed by atoms with Gasteiger partial charge in [0.2, 0.25) is 0 Å². The molecule has 0 radical (unpaired) electrons. The van der Waals surface area contributed by atoms with Crippen LogP contribution in [0, 0.1) is 0 Å². The summed E-state index contributed by atoms with van der Waals surface area (Å²) in [5.74, 6) is 0. The molecule has 4 heteroatoms. The number of aromatic nitrogens is 1. The van der Waals surface area contributed by atoms with Crippen LogP contribution in [-0.4, -0.2) is 34.0 Å². The zero-order valence-corrected chi connectivity index (χ0v) is 11.3. The summed E-state index contributed by atoms with van der Waals surface area (Å²) in [6, 6.07) is 8.39. The second-order valence-electron chi connectivity index (χ2n) is 4.87. The number of benzene rings is 1. The molecule has 1 atom stereocenters. The molecule has 0 amide bonds. The van der Waals surface area contributed by atoms with Crippen molar-refractivity contribution in [2.24, 2.45) is 0 Å². The largest absolute Gasteiger partial charge is 0.394 e. The fourth-order valence-corrected chi connectivity index (χ4v) is 2.19. The normalized spacial score (nSPS) is 13.0. The molecule has 0 spiro atoms. The molecule has 104 valence electrons. The monoisotopic (exact) mass is 262 g/mol. The van der Waals surface area contributed by atoms with Gasteiger partial charge >= 0.3 is 0 Å². The first-order valence-electron chi connectivity index (χ1n) is 6.82. The molecule has 0 bridgehead atoms. The molecule has 2 rings (SSSR count). The summed E-state index contributed by atoms with van der Waals surface area (Å²) in [5.41, 5.74) is 2.34. The lowest BCUT2D eigenvalue weighted by molar-refractivity contribution is 0.0822. The van der Waals surface area contributed by atoms with Crippen molar-refractivity contribution in [3.05, 3.63) is 36.0 Å². The first-order chi connectivity index (χ1) is 9.24. The second-order valence-corrected chi connectivity index (χ2v) is 4.87. The first-order valence-corrected chi connectivity index (χ1v) is 6.82. The van der Waals surface area contributed by atoms with Gasteiger partial charge < -0.3 is 20.1 Å². The Labute approximate surface area is 113 Å². The molecule has 1 unspecified atom stereocenters. The predicted molar refractivity (Wildman–Crippen MR) is 77.0 cm³/mol. The highest BCUT2D eigenvalue weighted by atomic mass is 16.3. The quantitative estimate of drug-likeness (QED) is 0.663. The smallest absolute Gasteiger partial charge is 0.0949 e. The van der Waals surface area contributed by atoms with Gasteiger partial charge in [-0.25, -0.2) is 0 Å². The summed E-state index contributed by atoms with van der Waals surface area (Å²) in [7, 11) is 0. The molecule has 1 aromatic carbocycles. The van der Waals surface area contributed by atoms with Gasteiger partial charge in [-0.2, -0.15) is 0 Å². The molecule has 0 aliphatic rings. The number of hydrogen-bond donors (Lipinski definition) is 3. The Hall–Kier alpha value is -1.36. The lowest BCUT2D eigenvalue weighted by Crippen LogP contribution is -2.19. The van der Waals surface area contributed by atoms with Crippen molar-refractivity contribution in [1.82, 2.24) is 9.88 Å². The van der Waals surface area contributed by atoms with E-state index in [9.17, 15) is 5.11 Å². The molecule has 3 N–H and O–H groups in total. The third-order valence-corrected chi connectivity index (χ3v) is 3.21. The number of nitrogens with zero attached hydrogens (tertiary/aromatic N) is 1. The predicted octanol–water partition coefficient (Wildman–Crippen LogP) is 1.49. The number of rotatable bonds is 7. The van der Waals surface area contributed by atoms with Crippen LogP contribution < -0.4 is 5.32 Å². The summed E-state index contributed by atoms with van der Waals surface area (Å²) in [4.78, 5) is 0. The van der Waals surface area contributed by atoms with Crippen LogP contribution in [0.1, 0.15) is 18.9 Å². The van der Waals surface area contributed by atoms with Crippen LogP contribution in [0.2, 0.25) is 0 Å². The molecule has 0 saturated heterocycles. The molecule has 0 aliphatic heterocycles. The Morgan fingerprint density at radius 2 is 2.16 bits per heavy atom. The topological polar surface area (TPSA) is 57.4 Å². The minimum atomic E-state index is -0.711. The van der Waals surface area contributed by atoms with E-state index in [1.165, 1.54) is 5.56 Å². The molecule has 0 fully saturated rings. The van der Waals surface area contributed by atoms with Crippen molar-refractivity contribution in [2.75, 3.05) is 13.2 Å². The van der Waals surface area contributed by atoms with Crippen LogP contribution in [0.4, 0.5) is 0 Å². The van der Waals surface area contributed by atoms with Gasteiger partial charge in [0.05, 0.1) is 19.3 Å². The zero-order chi connectivity index (χ0) is 13.7. The maximum Gasteiger partial charge on any atom is 0.0949 e. The summed E-state index contributed by atoms with van der Waals surface area (Å²) >= 11 is 0. The van der Waals surface area contributed by atoms with Crippen molar-refractivity contribution in [3.8, 4) is 0 Å². The van der Waals surface area contributed by atoms with Gasteiger partial charge in [-0.15, -0.1) is 0 Å². The van der Waals surface area contributed by atoms with Crippen molar-refractivity contribution < 1.29 is 10.2 Å². The van der Waals surface area contributed by atoms with Crippen LogP contribution in [0.25, 0.3) is 10.9 Å². The summed E-state index contributed by atoms with van der Waals surface area (Å²) in [6.07, 6.45) is 2.37. The standard InChI is InChI=1S/C15H22N2O2/c1-2-6-16-9-12-3-4-13-5-7-17(15(13)8-12)10-14(19)11-18/h3-5,7-8,14,16,18-19H,2,6,9-11H2,1H3. The minimum Gasteiger partial charge on any atom is -0.394 e. The maximum absolute atomic E-state index is 9.55. The van der Waals surface area contributed by atoms with E-state index in [1.54, 1.807) is 0 Å². The SMILES string of the molecule is CCCNCc1ccc2ccn(CC(O)CO)c2c1. The Morgan fingerprint density at radius 1 is 1.32 bits per heavy atom. The highest BCUT2D eigenvalue weighted by Gasteiger charge is 2.07. The van der Waals surface area contributed by atoms with E-state index in [4.69, 9.17) is 5.11 Å². The van der Waals surface area contributed by atoms with Crippen molar-refractivity contribution in [2.45, 2.75) is 32.5 Å². The molecule has 1 heterocycles. The van der Waals surface area contributed by atoms with Crippen molar-refractivity contribution in [3.63, 3.8) is 0 Å². The summed E-state index contributed by atoms with van der Waals surface area (Å²) in [6.45, 7) is 4.24. The van der Waals surface area contributed by atoms with Gasteiger partial charge in [0.1, 0.15) is 0 Å². The Morgan fingerprint density at radius 3 is 2.89 bits per heavy atom. The molecular weight excluding hydrogens is 240 g/mol. The molecular formula is C15H22N2O2. The maximum atomic E-state index is 9.55. The fourth-order valence-electron chi connectivity index (χ4n) is 2.19. The molecule has 19 heavy (non-hydrogen) atoms. The number of nitrogens with one attached hydrogen (secondary N) is 1. The first kappa shape index (κ1) is 14.1. The zero-order valence-electron chi connectivity index (χ0n) is 11.3. The second kappa shape index (κ2) is 6.70. The fraction of sp³-hybridized carbons (Fsp3) is 0.467. The van der Waals surface area contributed by atoms with E-state index < -0.39 is 6.10 Å². The Kier molecular flexibility index (Phi) is 4.96. The van der Waals surface area contributed by atoms with E-state index in [2.05, 4.69) is 30.4 Å². The third kappa shape index (κ3) is 3.56. The van der Waals surface area contributed by atoms with Crippen molar-refractivity contribution in [1.29, 1.82) is 0 Å². The van der Waals surface area contributed by atoms with Gasteiger partial charge in [-0.1, -0.05) is 19.1 Å². The van der Waals surface area contributed by atoms with Crippen LogP contribution in [-0.2, 0) is 13.1 Å². The van der Waals surface area contributed by atoms with Gasteiger partial charge in [-0.05, 0) is 36.0 Å².